The molecule has 0 spiro atoms. The molecule has 1 heterocycles. The summed E-state index contributed by atoms with van der Waals surface area (Å²) >= 11 is 0. The van der Waals surface area contributed by atoms with Gasteiger partial charge in [0.15, 0.2) is 0 Å². The number of carbonyl (C=O) groups excluding carboxylic acids is 1. The van der Waals surface area contributed by atoms with Gasteiger partial charge in [-0.05, 0) is 37.1 Å². The minimum Gasteiger partial charge on any atom is -0.330 e. The van der Waals surface area contributed by atoms with Crippen LogP contribution in [-0.4, -0.2) is 36.6 Å². The zero-order valence-electron chi connectivity index (χ0n) is 11.3. The Kier molecular flexibility index (Phi) is 4.32. The lowest BCUT2D eigenvalue weighted by molar-refractivity contribution is -0.140. The number of alkyl halides is 3. The van der Waals surface area contributed by atoms with E-state index in [1.807, 2.05) is 6.07 Å². The highest BCUT2D eigenvalue weighted by molar-refractivity contribution is 5.96. The molecule has 20 heavy (non-hydrogen) atoms. The lowest BCUT2D eigenvalue weighted by Gasteiger charge is -2.25. The van der Waals surface area contributed by atoms with Crippen LogP contribution in [0.25, 0.3) is 0 Å². The van der Waals surface area contributed by atoms with Crippen molar-refractivity contribution in [2.24, 2.45) is 0 Å². The van der Waals surface area contributed by atoms with Crippen molar-refractivity contribution in [1.82, 2.24) is 10.2 Å². The highest BCUT2D eigenvalue weighted by atomic mass is 19.4. The third kappa shape index (κ3) is 3.30. The molecule has 6 heteroatoms. The van der Waals surface area contributed by atoms with Crippen LogP contribution in [0.15, 0.2) is 18.2 Å². The minimum absolute atomic E-state index is 0.0419. The van der Waals surface area contributed by atoms with Crippen LogP contribution in [0.4, 0.5) is 13.2 Å². The van der Waals surface area contributed by atoms with Gasteiger partial charge in [-0.15, -0.1) is 0 Å². The van der Waals surface area contributed by atoms with Gasteiger partial charge in [0.1, 0.15) is 6.54 Å². The maximum absolute atomic E-state index is 12.5. The lowest BCUT2D eigenvalue weighted by atomic mass is 9.95. The van der Waals surface area contributed by atoms with Gasteiger partial charge in [0.25, 0.3) is 5.91 Å². The number of carbonyl (C=O) groups is 1. The van der Waals surface area contributed by atoms with Crippen molar-refractivity contribution < 1.29 is 18.0 Å². The van der Waals surface area contributed by atoms with E-state index in [1.54, 1.807) is 19.1 Å². The van der Waals surface area contributed by atoms with Crippen molar-refractivity contribution in [3.63, 3.8) is 0 Å². The maximum Gasteiger partial charge on any atom is 0.406 e. The summed E-state index contributed by atoms with van der Waals surface area (Å²) in [6.45, 7) is 1.79. The third-order valence-corrected chi connectivity index (χ3v) is 3.41. The molecule has 110 valence electrons. The quantitative estimate of drug-likeness (QED) is 0.925. The predicted molar refractivity (Wildman–Crippen MR) is 69.5 cm³/mol. The molecule has 1 aliphatic heterocycles. The fourth-order valence-corrected chi connectivity index (χ4v) is 2.45. The van der Waals surface area contributed by atoms with Gasteiger partial charge in [-0.1, -0.05) is 12.1 Å². The van der Waals surface area contributed by atoms with E-state index >= 15 is 0 Å². The van der Waals surface area contributed by atoms with E-state index < -0.39 is 18.6 Å². The van der Waals surface area contributed by atoms with Gasteiger partial charge in [-0.2, -0.15) is 13.2 Å². The van der Waals surface area contributed by atoms with Crippen LogP contribution < -0.4 is 5.32 Å². The number of nitrogens with zero attached hydrogens (tertiary/aromatic N) is 1. The van der Waals surface area contributed by atoms with Crippen molar-refractivity contribution in [2.45, 2.75) is 26.1 Å². The molecule has 3 nitrogen and oxygen atoms in total. The fourth-order valence-electron chi connectivity index (χ4n) is 2.45. The normalized spacial score (nSPS) is 14.8. The van der Waals surface area contributed by atoms with Crippen molar-refractivity contribution in [3.8, 4) is 0 Å². The summed E-state index contributed by atoms with van der Waals surface area (Å²) in [7, 11) is 0. The maximum atomic E-state index is 12.5. The minimum atomic E-state index is -4.37. The number of halogens is 3. The Labute approximate surface area is 115 Å². The third-order valence-electron chi connectivity index (χ3n) is 3.41. The Hall–Kier alpha value is -1.56. The van der Waals surface area contributed by atoms with Crippen molar-refractivity contribution in [1.29, 1.82) is 0 Å². The Morgan fingerprint density at radius 2 is 2.15 bits per heavy atom. The van der Waals surface area contributed by atoms with Gasteiger partial charge in [0.2, 0.25) is 0 Å². The molecule has 0 radical (unpaired) electrons. The summed E-state index contributed by atoms with van der Waals surface area (Å²) < 4.78 is 37.5. The average molecular weight is 286 g/mol. The first-order valence-electron chi connectivity index (χ1n) is 6.60. The largest absolute Gasteiger partial charge is 0.406 e. The first-order chi connectivity index (χ1) is 9.42. The molecule has 0 fully saturated rings. The van der Waals surface area contributed by atoms with E-state index in [4.69, 9.17) is 0 Å². The molecule has 0 atom stereocenters. The Morgan fingerprint density at radius 1 is 1.40 bits per heavy atom. The van der Waals surface area contributed by atoms with Crippen LogP contribution >= 0.6 is 0 Å². The molecular weight excluding hydrogens is 269 g/mol. The number of rotatable bonds is 3. The molecule has 0 aliphatic carbocycles. The SMILES string of the molecule is CCN(CC(F)(F)F)C(=O)c1cccc2c1CCNC2. The number of amides is 1. The van der Waals surface area contributed by atoms with Gasteiger partial charge in [-0.25, -0.2) is 0 Å². The van der Waals surface area contributed by atoms with E-state index in [2.05, 4.69) is 5.32 Å². The molecule has 2 rings (SSSR count). The van der Waals surface area contributed by atoms with E-state index in [1.165, 1.54) is 0 Å². The van der Waals surface area contributed by atoms with Gasteiger partial charge in [0.05, 0.1) is 0 Å². The first kappa shape index (κ1) is 14.8. The van der Waals surface area contributed by atoms with Crippen molar-refractivity contribution >= 4 is 5.91 Å². The second kappa shape index (κ2) is 5.83. The Balaban J connectivity index is 2.28. The summed E-state index contributed by atoms with van der Waals surface area (Å²) in [4.78, 5) is 13.2. The number of hydrogen-bond donors (Lipinski definition) is 1. The molecule has 0 aromatic heterocycles. The van der Waals surface area contributed by atoms with Gasteiger partial charge in [-0.3, -0.25) is 4.79 Å². The topological polar surface area (TPSA) is 32.3 Å². The zero-order chi connectivity index (χ0) is 14.8. The standard InChI is InChI=1S/C14H17F3N2O/c1-2-19(9-14(15,16)17)13(20)12-5-3-4-10-8-18-7-6-11(10)12/h3-5,18H,2,6-9H2,1H3. The molecule has 0 bridgehead atoms. The van der Waals surface area contributed by atoms with Gasteiger partial charge >= 0.3 is 6.18 Å². The van der Waals surface area contributed by atoms with Crippen LogP contribution in [0.1, 0.15) is 28.4 Å². The van der Waals surface area contributed by atoms with Gasteiger partial charge < -0.3 is 10.2 Å². The second-order valence-corrected chi connectivity index (χ2v) is 4.80. The molecule has 1 aromatic rings. The number of fused-ring (bicyclic) bond motifs is 1. The summed E-state index contributed by atoms with van der Waals surface area (Å²) in [5.41, 5.74) is 2.26. The van der Waals surface area contributed by atoms with Crippen LogP contribution in [0.2, 0.25) is 0 Å². The smallest absolute Gasteiger partial charge is 0.330 e. The Bertz CT molecular complexity index is 500. The summed E-state index contributed by atoms with van der Waals surface area (Å²) in [5, 5.41) is 3.18. The van der Waals surface area contributed by atoms with Gasteiger partial charge in [0, 0.05) is 18.7 Å². The zero-order valence-corrected chi connectivity index (χ0v) is 11.3. The first-order valence-corrected chi connectivity index (χ1v) is 6.60. The van der Waals surface area contributed by atoms with E-state index in [9.17, 15) is 18.0 Å². The molecule has 0 unspecified atom stereocenters. The highest BCUT2D eigenvalue weighted by Gasteiger charge is 2.33. The van der Waals surface area contributed by atoms with Crippen molar-refractivity contribution in [3.05, 3.63) is 34.9 Å². The predicted octanol–water partition coefficient (Wildman–Crippen LogP) is 2.36. The number of nitrogens with one attached hydrogen (secondary N) is 1. The highest BCUT2D eigenvalue weighted by Crippen LogP contribution is 2.22. The molecule has 1 N–H and O–H groups in total. The molecule has 1 amide bonds. The van der Waals surface area contributed by atoms with E-state index in [0.717, 1.165) is 22.6 Å². The number of hydrogen-bond acceptors (Lipinski definition) is 2. The van der Waals surface area contributed by atoms with Crippen LogP contribution in [0, 0.1) is 0 Å². The van der Waals surface area contributed by atoms with Crippen LogP contribution in [-0.2, 0) is 13.0 Å². The monoisotopic (exact) mass is 286 g/mol. The summed E-state index contributed by atoms with van der Waals surface area (Å²) in [6.07, 6.45) is -3.71. The Morgan fingerprint density at radius 3 is 2.80 bits per heavy atom. The summed E-state index contributed by atoms with van der Waals surface area (Å²) in [6, 6.07) is 5.24. The molecule has 0 saturated heterocycles. The summed E-state index contributed by atoms with van der Waals surface area (Å²) in [5.74, 6) is -0.538. The molecular formula is C14H17F3N2O. The second-order valence-electron chi connectivity index (χ2n) is 4.80. The van der Waals surface area contributed by atoms with E-state index in [-0.39, 0.29) is 6.54 Å². The van der Waals surface area contributed by atoms with Crippen molar-refractivity contribution in [2.75, 3.05) is 19.6 Å². The lowest BCUT2D eigenvalue weighted by Crippen LogP contribution is -2.39. The van der Waals surface area contributed by atoms with E-state index in [0.29, 0.717) is 18.5 Å². The fraction of sp³-hybridized carbons (Fsp3) is 0.500. The molecule has 1 aliphatic rings. The number of benzene rings is 1. The molecule has 0 saturated carbocycles. The average Bonchev–Trinajstić information content (AvgIpc) is 2.42. The van der Waals surface area contributed by atoms with Crippen LogP contribution in [0.5, 0.6) is 0 Å². The molecule has 1 aromatic carbocycles. The van der Waals surface area contributed by atoms with Crippen LogP contribution in [0.3, 0.4) is 0 Å².